The van der Waals surface area contributed by atoms with Gasteiger partial charge < -0.3 is 20.1 Å². The average Bonchev–Trinajstić information content (AvgIpc) is 2.78. The lowest BCUT2D eigenvalue weighted by Crippen LogP contribution is -2.40. The van der Waals surface area contributed by atoms with E-state index in [0.717, 1.165) is 16.8 Å². The number of ether oxygens (including phenoxy) is 2. The predicted octanol–water partition coefficient (Wildman–Crippen LogP) is 4.41. The summed E-state index contributed by atoms with van der Waals surface area (Å²) < 4.78 is 10.6. The smallest absolute Gasteiger partial charge is 0.242 e. The summed E-state index contributed by atoms with van der Waals surface area (Å²) in [5.41, 5.74) is 2.84. The summed E-state index contributed by atoms with van der Waals surface area (Å²) in [5, 5.41) is 6.39. The molecule has 150 valence electrons. The summed E-state index contributed by atoms with van der Waals surface area (Å²) in [4.78, 5) is 13.0. The first-order valence-electron chi connectivity index (χ1n) is 9.51. The van der Waals surface area contributed by atoms with Crippen LogP contribution in [0, 0.1) is 0 Å². The molecule has 2 N–H and O–H groups in total. The van der Waals surface area contributed by atoms with Gasteiger partial charge in [0.15, 0.2) is 11.5 Å². The van der Waals surface area contributed by atoms with Crippen LogP contribution >= 0.6 is 0 Å². The van der Waals surface area contributed by atoms with Crippen molar-refractivity contribution in [1.29, 1.82) is 0 Å². The molecule has 0 aromatic heterocycles. The zero-order chi connectivity index (χ0) is 20.6. The molecule has 0 saturated carbocycles. The van der Waals surface area contributed by atoms with E-state index >= 15 is 0 Å². The van der Waals surface area contributed by atoms with E-state index in [1.165, 1.54) is 0 Å². The van der Waals surface area contributed by atoms with E-state index in [4.69, 9.17) is 9.47 Å². The minimum absolute atomic E-state index is 0.0995. The molecule has 1 atom stereocenters. The minimum atomic E-state index is -0.442. The monoisotopic (exact) mass is 390 g/mol. The number of methoxy groups -OCH3 is 2. The molecule has 1 amide bonds. The number of carbonyl (C=O) groups is 1. The van der Waals surface area contributed by atoms with Crippen molar-refractivity contribution in [2.24, 2.45) is 0 Å². The minimum Gasteiger partial charge on any atom is -0.493 e. The molecule has 3 rings (SSSR count). The third-order valence-corrected chi connectivity index (χ3v) is 4.71. The van der Waals surface area contributed by atoms with Crippen LogP contribution in [-0.2, 0) is 4.79 Å². The van der Waals surface area contributed by atoms with Gasteiger partial charge in [0.2, 0.25) is 5.91 Å². The molecule has 0 unspecified atom stereocenters. The molecule has 0 heterocycles. The molecular weight excluding hydrogens is 364 g/mol. The highest BCUT2D eigenvalue weighted by atomic mass is 16.5. The molecule has 0 aliphatic rings. The Kier molecular flexibility index (Phi) is 6.74. The van der Waals surface area contributed by atoms with Crippen LogP contribution in [0.1, 0.15) is 24.1 Å². The molecule has 0 radical (unpaired) electrons. The van der Waals surface area contributed by atoms with Gasteiger partial charge in [-0.15, -0.1) is 0 Å². The van der Waals surface area contributed by atoms with Gasteiger partial charge in [0.1, 0.15) is 6.04 Å². The molecule has 29 heavy (non-hydrogen) atoms. The third-order valence-electron chi connectivity index (χ3n) is 4.71. The number of carbonyl (C=O) groups excluding carboxylic acids is 1. The number of hydrogen-bond donors (Lipinski definition) is 2. The lowest BCUT2D eigenvalue weighted by Gasteiger charge is -2.23. The standard InChI is InChI=1S/C24H26N2O3/c1-17(25-20-14-15-21(28-2)22(16-20)29-3)24(27)26-23(18-10-6-4-7-11-18)19-12-8-5-9-13-19/h4-17,23,25H,1-3H3,(H,26,27)/t17-/m1/s1. The van der Waals surface area contributed by atoms with Crippen LogP contribution in [0.4, 0.5) is 5.69 Å². The molecule has 5 nitrogen and oxygen atoms in total. The molecule has 0 aliphatic carbocycles. The Hall–Kier alpha value is -3.47. The number of benzene rings is 3. The first kappa shape index (κ1) is 20.3. The van der Waals surface area contributed by atoms with E-state index < -0.39 is 6.04 Å². The summed E-state index contributed by atoms with van der Waals surface area (Å²) in [6.45, 7) is 1.83. The SMILES string of the molecule is COc1ccc(N[C@H](C)C(=O)NC(c2ccccc2)c2ccccc2)cc1OC. The zero-order valence-electron chi connectivity index (χ0n) is 16.9. The molecular formula is C24H26N2O3. The number of rotatable bonds is 8. The summed E-state index contributed by atoms with van der Waals surface area (Å²) in [6, 6.07) is 24.7. The quantitative estimate of drug-likeness (QED) is 0.598. The van der Waals surface area contributed by atoms with E-state index in [1.54, 1.807) is 14.2 Å². The number of hydrogen-bond acceptors (Lipinski definition) is 4. The number of anilines is 1. The highest BCUT2D eigenvalue weighted by molar-refractivity contribution is 5.85. The second-order valence-electron chi connectivity index (χ2n) is 6.70. The Bertz CT molecular complexity index is 890. The lowest BCUT2D eigenvalue weighted by atomic mass is 9.98. The maximum atomic E-state index is 13.0. The topological polar surface area (TPSA) is 59.6 Å². The summed E-state index contributed by atoms with van der Waals surface area (Å²) in [6.07, 6.45) is 0. The third kappa shape index (κ3) is 5.08. The fourth-order valence-electron chi connectivity index (χ4n) is 3.16. The lowest BCUT2D eigenvalue weighted by molar-refractivity contribution is -0.122. The summed E-state index contributed by atoms with van der Waals surface area (Å²) in [5.74, 6) is 1.15. The van der Waals surface area contributed by atoms with Crippen molar-refractivity contribution in [3.63, 3.8) is 0 Å². The molecule has 0 bridgehead atoms. The van der Waals surface area contributed by atoms with Gasteiger partial charge in [-0.3, -0.25) is 4.79 Å². The number of nitrogens with one attached hydrogen (secondary N) is 2. The largest absolute Gasteiger partial charge is 0.493 e. The summed E-state index contributed by atoms with van der Waals surface area (Å²) >= 11 is 0. The van der Waals surface area contributed by atoms with Gasteiger partial charge in [0.25, 0.3) is 0 Å². The van der Waals surface area contributed by atoms with E-state index in [0.29, 0.717) is 11.5 Å². The van der Waals surface area contributed by atoms with Gasteiger partial charge >= 0.3 is 0 Å². The van der Waals surface area contributed by atoms with Crippen molar-refractivity contribution < 1.29 is 14.3 Å². The van der Waals surface area contributed by atoms with Gasteiger partial charge in [0.05, 0.1) is 20.3 Å². The first-order valence-corrected chi connectivity index (χ1v) is 9.51. The Morgan fingerprint density at radius 2 is 1.34 bits per heavy atom. The molecule has 5 heteroatoms. The van der Waals surface area contributed by atoms with Gasteiger partial charge in [0, 0.05) is 11.8 Å². The zero-order valence-corrected chi connectivity index (χ0v) is 16.9. The summed E-state index contributed by atoms with van der Waals surface area (Å²) in [7, 11) is 3.18. The van der Waals surface area contributed by atoms with Crippen LogP contribution in [0.25, 0.3) is 0 Å². The Labute approximate surface area is 171 Å². The molecule has 0 aliphatic heterocycles. The molecule has 3 aromatic carbocycles. The molecule has 0 saturated heterocycles. The Balaban J connectivity index is 1.76. The number of amides is 1. The van der Waals surface area contributed by atoms with Crippen molar-refractivity contribution in [1.82, 2.24) is 5.32 Å². The van der Waals surface area contributed by atoms with Crippen LogP contribution in [0.5, 0.6) is 11.5 Å². The van der Waals surface area contributed by atoms with E-state index in [-0.39, 0.29) is 11.9 Å². The fraction of sp³-hybridized carbons (Fsp3) is 0.208. The molecule has 0 fully saturated rings. The van der Waals surface area contributed by atoms with E-state index in [9.17, 15) is 4.79 Å². The van der Waals surface area contributed by atoms with Crippen LogP contribution in [-0.4, -0.2) is 26.2 Å². The highest BCUT2D eigenvalue weighted by Crippen LogP contribution is 2.30. The van der Waals surface area contributed by atoms with Crippen molar-refractivity contribution in [3.05, 3.63) is 90.0 Å². The van der Waals surface area contributed by atoms with Crippen LogP contribution in [0.2, 0.25) is 0 Å². The second kappa shape index (κ2) is 9.64. The van der Waals surface area contributed by atoms with Crippen LogP contribution < -0.4 is 20.1 Å². The van der Waals surface area contributed by atoms with Crippen molar-refractivity contribution in [2.45, 2.75) is 19.0 Å². The van der Waals surface area contributed by atoms with E-state index in [1.807, 2.05) is 85.8 Å². The Morgan fingerprint density at radius 1 is 0.793 bits per heavy atom. The first-order chi connectivity index (χ1) is 14.1. The molecule has 0 spiro atoms. The van der Waals surface area contributed by atoms with Crippen LogP contribution in [0.3, 0.4) is 0 Å². The maximum Gasteiger partial charge on any atom is 0.242 e. The highest BCUT2D eigenvalue weighted by Gasteiger charge is 2.20. The predicted molar refractivity (Wildman–Crippen MR) is 116 cm³/mol. The maximum absolute atomic E-state index is 13.0. The normalized spacial score (nSPS) is 11.6. The van der Waals surface area contributed by atoms with Crippen LogP contribution in [0.15, 0.2) is 78.9 Å². The van der Waals surface area contributed by atoms with Gasteiger partial charge in [-0.05, 0) is 30.2 Å². The Morgan fingerprint density at radius 3 is 1.86 bits per heavy atom. The van der Waals surface area contributed by atoms with E-state index in [2.05, 4.69) is 10.6 Å². The van der Waals surface area contributed by atoms with Gasteiger partial charge in [-0.2, -0.15) is 0 Å². The van der Waals surface area contributed by atoms with Crippen molar-refractivity contribution >= 4 is 11.6 Å². The average molecular weight is 390 g/mol. The van der Waals surface area contributed by atoms with Crippen molar-refractivity contribution in [2.75, 3.05) is 19.5 Å². The fourth-order valence-corrected chi connectivity index (χ4v) is 3.16. The molecule has 3 aromatic rings. The van der Waals surface area contributed by atoms with Gasteiger partial charge in [-0.1, -0.05) is 60.7 Å². The van der Waals surface area contributed by atoms with Gasteiger partial charge in [-0.25, -0.2) is 0 Å². The second-order valence-corrected chi connectivity index (χ2v) is 6.70. The van der Waals surface area contributed by atoms with Crippen molar-refractivity contribution in [3.8, 4) is 11.5 Å².